The first-order valence-electron chi connectivity index (χ1n) is 15.0. The number of sulfonamides is 1. The van der Waals surface area contributed by atoms with Gasteiger partial charge < -0.3 is 21.1 Å². The standard InChI is InChI=1S/C32H39ClFN5O4S/c1-21-17-36-18-25(39(21)44(41,42)26-5-3-2-4-6-26)11-12-27-28(34)19-37-20-29(27)38-32(40)31(35)30(23-13-15-43-16-14-23)22-7-9-24(33)10-8-22/h2-10,19-21,23,25,30-31,36H,11-18,35H2,1H3,(H,38,40)/t21-,25-,30-,31?/m0/s1. The SMILES string of the molecule is C[C@H]1CNC[C@H](CCc2c(F)cncc2NC(=O)C(N)[C@@H](c2ccc(Cl)cc2)C2CCOCC2)N1S(=O)(=O)c1ccccc1. The first kappa shape index (κ1) is 32.5. The van der Waals surface area contributed by atoms with E-state index < -0.39 is 33.8 Å². The van der Waals surface area contributed by atoms with E-state index in [1.165, 1.54) is 10.5 Å². The summed E-state index contributed by atoms with van der Waals surface area (Å²) in [4.78, 5) is 17.8. The predicted molar refractivity (Wildman–Crippen MR) is 168 cm³/mol. The van der Waals surface area contributed by atoms with Gasteiger partial charge in [-0.05, 0) is 68.4 Å². The Morgan fingerprint density at radius 1 is 1.14 bits per heavy atom. The van der Waals surface area contributed by atoms with Crippen LogP contribution in [0.15, 0.2) is 71.9 Å². The van der Waals surface area contributed by atoms with E-state index in [4.69, 9.17) is 22.1 Å². The summed E-state index contributed by atoms with van der Waals surface area (Å²) in [7, 11) is -3.78. The van der Waals surface area contributed by atoms with Crippen LogP contribution in [0.3, 0.4) is 0 Å². The van der Waals surface area contributed by atoms with Crippen LogP contribution in [0.5, 0.6) is 0 Å². The van der Waals surface area contributed by atoms with Crippen molar-refractivity contribution in [2.75, 3.05) is 31.6 Å². The van der Waals surface area contributed by atoms with Gasteiger partial charge in [0.1, 0.15) is 5.82 Å². The minimum Gasteiger partial charge on any atom is -0.381 e. The largest absolute Gasteiger partial charge is 0.381 e. The van der Waals surface area contributed by atoms with E-state index in [0.29, 0.717) is 37.7 Å². The van der Waals surface area contributed by atoms with Gasteiger partial charge in [0.25, 0.3) is 0 Å². The lowest BCUT2D eigenvalue weighted by Crippen LogP contribution is -2.58. The van der Waals surface area contributed by atoms with Gasteiger partial charge in [-0.2, -0.15) is 4.31 Å². The number of carbonyl (C=O) groups is 1. The minimum atomic E-state index is -3.78. The van der Waals surface area contributed by atoms with E-state index in [1.54, 1.807) is 42.5 Å². The molecule has 3 heterocycles. The molecule has 2 fully saturated rings. The number of aromatic nitrogens is 1. The van der Waals surface area contributed by atoms with Crippen molar-refractivity contribution in [2.45, 2.75) is 61.5 Å². The lowest BCUT2D eigenvalue weighted by atomic mass is 9.76. The second-order valence-corrected chi connectivity index (χ2v) is 13.8. The molecule has 2 aliphatic heterocycles. The maximum atomic E-state index is 15.3. The average Bonchev–Trinajstić information content (AvgIpc) is 3.02. The Kier molecular flexibility index (Phi) is 10.7. The predicted octanol–water partition coefficient (Wildman–Crippen LogP) is 4.33. The van der Waals surface area contributed by atoms with E-state index in [1.807, 2.05) is 19.1 Å². The van der Waals surface area contributed by atoms with E-state index in [9.17, 15) is 13.2 Å². The first-order valence-corrected chi connectivity index (χ1v) is 16.8. The summed E-state index contributed by atoms with van der Waals surface area (Å²) in [5, 5.41) is 6.73. The van der Waals surface area contributed by atoms with Gasteiger partial charge in [0, 0.05) is 54.9 Å². The number of rotatable bonds is 10. The number of carbonyl (C=O) groups excluding carboxylic acids is 1. The zero-order chi connectivity index (χ0) is 31.3. The number of benzene rings is 2. The maximum absolute atomic E-state index is 15.3. The number of nitrogens with one attached hydrogen (secondary N) is 2. The number of ether oxygens (including phenoxy) is 1. The van der Waals surface area contributed by atoms with Crippen LogP contribution in [0, 0.1) is 11.7 Å². The van der Waals surface area contributed by atoms with Crippen LogP contribution in [0.2, 0.25) is 5.02 Å². The summed E-state index contributed by atoms with van der Waals surface area (Å²) in [6.45, 7) is 3.96. The van der Waals surface area contributed by atoms with Crippen LogP contribution in [0.4, 0.5) is 10.1 Å². The highest BCUT2D eigenvalue weighted by molar-refractivity contribution is 7.89. The minimum absolute atomic E-state index is 0.120. The first-order chi connectivity index (χ1) is 21.2. The summed E-state index contributed by atoms with van der Waals surface area (Å²) in [6, 6.07) is 14.0. The van der Waals surface area contributed by atoms with Crippen molar-refractivity contribution >= 4 is 33.2 Å². The third-order valence-electron chi connectivity index (χ3n) is 8.64. The summed E-state index contributed by atoms with van der Waals surface area (Å²) < 4.78 is 49.6. The highest BCUT2D eigenvalue weighted by Crippen LogP contribution is 2.35. The molecule has 1 amide bonds. The molecule has 1 aromatic heterocycles. The Hall–Kier alpha value is -2.93. The number of anilines is 1. The van der Waals surface area contributed by atoms with Crippen LogP contribution < -0.4 is 16.4 Å². The monoisotopic (exact) mass is 643 g/mol. The lowest BCUT2D eigenvalue weighted by Gasteiger charge is -2.40. The van der Waals surface area contributed by atoms with E-state index in [-0.39, 0.29) is 40.4 Å². The zero-order valence-corrected chi connectivity index (χ0v) is 26.2. The molecule has 44 heavy (non-hydrogen) atoms. The number of hydrogen-bond acceptors (Lipinski definition) is 7. The lowest BCUT2D eigenvalue weighted by molar-refractivity contribution is -0.118. The van der Waals surface area contributed by atoms with Crippen molar-refractivity contribution in [3.8, 4) is 0 Å². The quantitative estimate of drug-likeness (QED) is 0.300. The van der Waals surface area contributed by atoms with Crippen molar-refractivity contribution in [3.63, 3.8) is 0 Å². The molecule has 2 aliphatic rings. The van der Waals surface area contributed by atoms with Crippen LogP contribution in [-0.2, 0) is 26.0 Å². The zero-order valence-electron chi connectivity index (χ0n) is 24.7. The Morgan fingerprint density at radius 2 is 1.84 bits per heavy atom. The number of hydrogen-bond donors (Lipinski definition) is 3. The van der Waals surface area contributed by atoms with E-state index in [0.717, 1.165) is 24.6 Å². The molecule has 4 N–H and O–H groups in total. The summed E-state index contributed by atoms with van der Waals surface area (Å²) in [6.07, 6.45) is 4.54. The molecule has 4 atom stereocenters. The fourth-order valence-corrected chi connectivity index (χ4v) is 8.41. The Balaban J connectivity index is 1.35. The number of piperazine rings is 1. The van der Waals surface area contributed by atoms with Crippen LogP contribution in [0.1, 0.15) is 43.2 Å². The van der Waals surface area contributed by atoms with Gasteiger partial charge in [-0.3, -0.25) is 9.78 Å². The maximum Gasteiger partial charge on any atom is 0.243 e. The highest BCUT2D eigenvalue weighted by Gasteiger charge is 2.38. The molecular weight excluding hydrogens is 605 g/mol. The van der Waals surface area contributed by atoms with Crippen LogP contribution in [-0.4, -0.2) is 68.0 Å². The number of halogens is 2. The fourth-order valence-electron chi connectivity index (χ4n) is 6.42. The molecule has 0 aliphatic carbocycles. The average molecular weight is 644 g/mol. The molecule has 3 aromatic rings. The molecule has 0 bridgehead atoms. The van der Waals surface area contributed by atoms with Gasteiger partial charge in [0.15, 0.2) is 0 Å². The van der Waals surface area contributed by atoms with Crippen LogP contribution in [0.25, 0.3) is 0 Å². The fraction of sp³-hybridized carbons (Fsp3) is 0.438. The normalized spacial score (nSPS) is 21.5. The smallest absolute Gasteiger partial charge is 0.243 e. The third kappa shape index (κ3) is 7.30. The molecule has 0 spiro atoms. The molecule has 0 radical (unpaired) electrons. The van der Waals surface area contributed by atoms with Gasteiger partial charge in [0.05, 0.1) is 29.0 Å². The highest BCUT2D eigenvalue weighted by atomic mass is 35.5. The molecule has 1 unspecified atom stereocenters. The van der Waals surface area contributed by atoms with Crippen LogP contribution >= 0.6 is 11.6 Å². The molecule has 9 nitrogen and oxygen atoms in total. The number of amides is 1. The van der Waals surface area contributed by atoms with Gasteiger partial charge in [-0.15, -0.1) is 0 Å². The van der Waals surface area contributed by atoms with Crippen molar-refractivity contribution < 1.29 is 22.3 Å². The number of pyridine rings is 1. The van der Waals surface area contributed by atoms with Crippen molar-refractivity contribution in [2.24, 2.45) is 11.7 Å². The van der Waals surface area contributed by atoms with Gasteiger partial charge in [0.2, 0.25) is 15.9 Å². The van der Waals surface area contributed by atoms with Crippen molar-refractivity contribution in [3.05, 3.63) is 89.0 Å². The van der Waals surface area contributed by atoms with Gasteiger partial charge in [-0.25, -0.2) is 12.8 Å². The Morgan fingerprint density at radius 3 is 2.55 bits per heavy atom. The molecule has 2 aromatic carbocycles. The molecule has 12 heteroatoms. The molecular formula is C32H39ClFN5O4S. The molecule has 0 saturated carbocycles. The molecule has 236 valence electrons. The second-order valence-electron chi connectivity index (χ2n) is 11.5. The number of nitrogens with zero attached hydrogens (tertiary/aromatic N) is 2. The van der Waals surface area contributed by atoms with Gasteiger partial charge in [-0.1, -0.05) is 41.9 Å². The second kappa shape index (κ2) is 14.4. The van der Waals surface area contributed by atoms with Gasteiger partial charge >= 0.3 is 0 Å². The van der Waals surface area contributed by atoms with E-state index >= 15 is 4.39 Å². The summed E-state index contributed by atoms with van der Waals surface area (Å²) in [5.41, 5.74) is 8.03. The Labute approximate surface area is 263 Å². The van der Waals surface area contributed by atoms with E-state index in [2.05, 4.69) is 15.6 Å². The summed E-state index contributed by atoms with van der Waals surface area (Å²) >= 11 is 6.13. The number of nitrogens with two attached hydrogens (primary N) is 1. The van der Waals surface area contributed by atoms with Crippen molar-refractivity contribution in [1.29, 1.82) is 0 Å². The van der Waals surface area contributed by atoms with Crippen molar-refractivity contribution in [1.82, 2.24) is 14.6 Å². The molecule has 2 saturated heterocycles. The molecule has 5 rings (SSSR count). The topological polar surface area (TPSA) is 127 Å². The third-order valence-corrected chi connectivity index (χ3v) is 11.0. The Bertz CT molecular complexity index is 1520. The summed E-state index contributed by atoms with van der Waals surface area (Å²) in [5.74, 6) is -1.21.